The molecule has 2 aromatic rings. The zero-order valence-corrected chi connectivity index (χ0v) is 14.2. The molecule has 0 bridgehead atoms. The second-order valence-electron chi connectivity index (χ2n) is 5.42. The Hall–Kier alpha value is -1.90. The predicted molar refractivity (Wildman–Crippen MR) is 89.4 cm³/mol. The maximum Gasteiger partial charge on any atom is 0.417 e. The van der Waals surface area contributed by atoms with E-state index in [1.54, 1.807) is 0 Å². The number of hydrogen-bond donors (Lipinski definition) is 1. The smallest absolute Gasteiger partial charge is 0.329 e. The number of sulfonamides is 1. The Morgan fingerprint density at radius 3 is 2.12 bits per heavy atom. The second kappa shape index (κ2) is 7.99. The van der Waals surface area contributed by atoms with E-state index < -0.39 is 26.7 Å². The molecule has 0 spiro atoms. The molecule has 0 unspecified atom stereocenters. The molecular weight excluding hydrogens is 353 g/mol. The van der Waals surface area contributed by atoms with Gasteiger partial charge in [-0.05, 0) is 24.1 Å². The molecule has 0 fully saturated rings. The monoisotopic (exact) mass is 372 g/mol. The molecule has 8 heteroatoms. The Bertz CT molecular complexity index is 793. The van der Waals surface area contributed by atoms with Gasteiger partial charge in [0.1, 0.15) is 0 Å². The third-order valence-corrected chi connectivity index (χ3v) is 5.64. The SMILES string of the molecule is NCCN(CCc1ccccc1)S(=O)(=O)c1ccccc1C(F)(F)F. The maximum atomic E-state index is 13.2. The van der Waals surface area contributed by atoms with Gasteiger partial charge in [-0.15, -0.1) is 0 Å². The summed E-state index contributed by atoms with van der Waals surface area (Å²) in [5, 5.41) is 0. The zero-order chi connectivity index (χ0) is 18.5. The molecule has 0 atom stereocenters. The highest BCUT2D eigenvalue weighted by Gasteiger charge is 2.38. The Labute approximate surface area is 145 Å². The summed E-state index contributed by atoms with van der Waals surface area (Å²) in [7, 11) is -4.31. The lowest BCUT2D eigenvalue weighted by molar-refractivity contribution is -0.139. The van der Waals surface area contributed by atoms with Gasteiger partial charge in [-0.1, -0.05) is 42.5 Å². The standard InChI is InChI=1S/C17H19F3N2O2S/c18-17(19,20)15-8-4-5-9-16(15)25(23,24)22(13-11-21)12-10-14-6-2-1-3-7-14/h1-9H,10-13,21H2. The first-order valence-corrected chi connectivity index (χ1v) is 9.11. The van der Waals surface area contributed by atoms with Crippen LogP contribution in [-0.4, -0.2) is 32.4 Å². The third-order valence-electron chi connectivity index (χ3n) is 3.68. The van der Waals surface area contributed by atoms with Crippen molar-refractivity contribution >= 4 is 10.0 Å². The number of nitrogens with zero attached hydrogens (tertiary/aromatic N) is 1. The average Bonchev–Trinajstić information content (AvgIpc) is 2.58. The molecule has 0 saturated heterocycles. The molecule has 2 rings (SSSR count). The van der Waals surface area contributed by atoms with Gasteiger partial charge >= 0.3 is 6.18 Å². The van der Waals surface area contributed by atoms with E-state index in [9.17, 15) is 21.6 Å². The van der Waals surface area contributed by atoms with Crippen LogP contribution in [0.2, 0.25) is 0 Å². The number of nitrogens with two attached hydrogens (primary N) is 1. The van der Waals surface area contributed by atoms with Crippen LogP contribution in [0.25, 0.3) is 0 Å². The number of hydrogen-bond acceptors (Lipinski definition) is 3. The Morgan fingerprint density at radius 1 is 0.920 bits per heavy atom. The van der Waals surface area contributed by atoms with Crippen LogP contribution in [0.15, 0.2) is 59.5 Å². The van der Waals surface area contributed by atoms with Crippen molar-refractivity contribution in [1.82, 2.24) is 4.31 Å². The summed E-state index contributed by atoms with van der Waals surface area (Å²) in [4.78, 5) is -0.746. The summed E-state index contributed by atoms with van der Waals surface area (Å²) in [5.41, 5.74) is 5.19. The summed E-state index contributed by atoms with van der Waals surface area (Å²) in [6, 6.07) is 13.3. The lowest BCUT2D eigenvalue weighted by atomic mass is 10.1. The lowest BCUT2D eigenvalue weighted by Gasteiger charge is -2.23. The highest BCUT2D eigenvalue weighted by atomic mass is 32.2. The molecule has 0 saturated carbocycles. The van der Waals surface area contributed by atoms with Gasteiger partial charge in [0.15, 0.2) is 0 Å². The lowest BCUT2D eigenvalue weighted by Crippen LogP contribution is -2.37. The Morgan fingerprint density at radius 2 is 1.52 bits per heavy atom. The predicted octanol–water partition coefficient (Wildman–Crippen LogP) is 2.90. The molecule has 2 aromatic carbocycles. The van der Waals surface area contributed by atoms with E-state index in [1.165, 1.54) is 12.1 Å². The Kier molecular flexibility index (Phi) is 6.21. The minimum Gasteiger partial charge on any atom is -0.329 e. The largest absolute Gasteiger partial charge is 0.417 e. The van der Waals surface area contributed by atoms with Crippen LogP contribution in [0.1, 0.15) is 11.1 Å². The van der Waals surface area contributed by atoms with E-state index in [4.69, 9.17) is 5.73 Å². The normalized spacial score (nSPS) is 12.5. The number of rotatable bonds is 7. The number of alkyl halides is 3. The van der Waals surface area contributed by atoms with Crippen molar-refractivity contribution in [2.45, 2.75) is 17.5 Å². The molecule has 0 aliphatic carbocycles. The summed E-state index contributed by atoms with van der Waals surface area (Å²) in [6.45, 7) is 0.0132. The molecule has 0 aliphatic rings. The third kappa shape index (κ3) is 4.81. The van der Waals surface area contributed by atoms with E-state index >= 15 is 0 Å². The van der Waals surface area contributed by atoms with E-state index in [0.29, 0.717) is 6.42 Å². The fraction of sp³-hybridized carbons (Fsp3) is 0.294. The van der Waals surface area contributed by atoms with E-state index in [1.807, 2.05) is 30.3 Å². The van der Waals surface area contributed by atoms with Crippen molar-refractivity contribution in [2.75, 3.05) is 19.6 Å². The van der Waals surface area contributed by atoms with Gasteiger partial charge in [0.2, 0.25) is 10.0 Å². The van der Waals surface area contributed by atoms with Gasteiger partial charge in [0, 0.05) is 19.6 Å². The minimum atomic E-state index is -4.75. The van der Waals surface area contributed by atoms with Crippen molar-refractivity contribution in [3.63, 3.8) is 0 Å². The van der Waals surface area contributed by atoms with Crippen LogP contribution >= 0.6 is 0 Å². The number of halogens is 3. The average molecular weight is 372 g/mol. The molecule has 136 valence electrons. The molecular formula is C17H19F3N2O2S. The fourth-order valence-electron chi connectivity index (χ4n) is 2.46. The minimum absolute atomic E-state index is 0.0161. The molecule has 0 radical (unpaired) electrons. The first-order chi connectivity index (χ1) is 11.8. The van der Waals surface area contributed by atoms with Gasteiger partial charge in [0.05, 0.1) is 10.5 Å². The second-order valence-corrected chi connectivity index (χ2v) is 7.33. The Balaban J connectivity index is 2.34. The maximum absolute atomic E-state index is 13.2. The molecule has 2 N–H and O–H groups in total. The van der Waals surface area contributed by atoms with Crippen molar-refractivity contribution < 1.29 is 21.6 Å². The van der Waals surface area contributed by atoms with E-state index in [0.717, 1.165) is 22.0 Å². The van der Waals surface area contributed by atoms with Crippen molar-refractivity contribution in [1.29, 1.82) is 0 Å². The van der Waals surface area contributed by atoms with Crippen LogP contribution in [0.3, 0.4) is 0 Å². The molecule has 0 heterocycles. The van der Waals surface area contributed by atoms with Crippen LogP contribution in [-0.2, 0) is 22.6 Å². The molecule has 0 aromatic heterocycles. The van der Waals surface area contributed by atoms with Crippen LogP contribution in [0.5, 0.6) is 0 Å². The first kappa shape index (κ1) is 19.4. The van der Waals surface area contributed by atoms with Gasteiger partial charge in [-0.2, -0.15) is 17.5 Å². The van der Waals surface area contributed by atoms with Crippen LogP contribution in [0, 0.1) is 0 Å². The summed E-state index contributed by atoms with van der Waals surface area (Å²) < 4.78 is 66.1. The van der Waals surface area contributed by atoms with Gasteiger partial charge in [-0.3, -0.25) is 0 Å². The molecule has 0 amide bonds. The quantitative estimate of drug-likeness (QED) is 0.813. The van der Waals surface area contributed by atoms with E-state index in [2.05, 4.69) is 0 Å². The van der Waals surface area contributed by atoms with Crippen LogP contribution < -0.4 is 5.73 Å². The molecule has 0 aliphatic heterocycles. The van der Waals surface area contributed by atoms with Gasteiger partial charge in [-0.25, -0.2) is 8.42 Å². The van der Waals surface area contributed by atoms with Crippen LogP contribution in [0.4, 0.5) is 13.2 Å². The molecule has 4 nitrogen and oxygen atoms in total. The van der Waals surface area contributed by atoms with Gasteiger partial charge < -0.3 is 5.73 Å². The summed E-state index contributed by atoms with van der Waals surface area (Å²) in [5.74, 6) is 0. The topological polar surface area (TPSA) is 63.4 Å². The molecule has 25 heavy (non-hydrogen) atoms. The summed E-state index contributed by atoms with van der Waals surface area (Å²) in [6.07, 6.45) is -4.37. The van der Waals surface area contributed by atoms with Crippen molar-refractivity contribution in [3.05, 3.63) is 65.7 Å². The first-order valence-electron chi connectivity index (χ1n) is 7.67. The highest BCUT2D eigenvalue weighted by molar-refractivity contribution is 7.89. The summed E-state index contributed by atoms with van der Waals surface area (Å²) >= 11 is 0. The van der Waals surface area contributed by atoms with Gasteiger partial charge in [0.25, 0.3) is 0 Å². The van der Waals surface area contributed by atoms with Crippen molar-refractivity contribution in [2.24, 2.45) is 5.73 Å². The fourth-order valence-corrected chi connectivity index (χ4v) is 4.13. The zero-order valence-electron chi connectivity index (χ0n) is 13.4. The number of benzene rings is 2. The van der Waals surface area contributed by atoms with E-state index in [-0.39, 0.29) is 19.6 Å². The van der Waals surface area contributed by atoms with Crippen molar-refractivity contribution in [3.8, 4) is 0 Å². The highest BCUT2D eigenvalue weighted by Crippen LogP contribution is 2.35.